The van der Waals surface area contributed by atoms with Crippen LogP contribution >= 0.6 is 0 Å². The number of methoxy groups -OCH3 is 1. The molecule has 0 unspecified atom stereocenters. The van der Waals surface area contributed by atoms with Crippen LogP contribution in [0.5, 0.6) is 0 Å². The van der Waals surface area contributed by atoms with Crippen molar-refractivity contribution in [1.82, 2.24) is 10.2 Å². The minimum atomic E-state index is -0.409. The van der Waals surface area contributed by atoms with Crippen LogP contribution in [0.4, 0.5) is 5.69 Å². The summed E-state index contributed by atoms with van der Waals surface area (Å²) in [5, 5.41) is 7.38. The minimum Gasteiger partial charge on any atom is -0.465 e. The minimum absolute atomic E-state index is 0.409. The first-order valence-corrected chi connectivity index (χ1v) is 4.03. The lowest BCUT2D eigenvalue weighted by molar-refractivity contribution is 0.0601. The van der Waals surface area contributed by atoms with Crippen molar-refractivity contribution < 1.29 is 9.53 Å². The van der Waals surface area contributed by atoms with Gasteiger partial charge in [-0.1, -0.05) is 0 Å². The number of aromatic nitrogens is 2. The molecule has 0 atom stereocenters. The molecule has 0 aliphatic rings. The fourth-order valence-corrected chi connectivity index (χ4v) is 1.31. The van der Waals surface area contributed by atoms with E-state index in [0.29, 0.717) is 11.3 Å². The predicted molar refractivity (Wildman–Crippen MR) is 51.8 cm³/mol. The maximum Gasteiger partial charge on any atom is 0.337 e. The van der Waals surface area contributed by atoms with Gasteiger partial charge in [-0.3, -0.25) is 5.10 Å². The summed E-state index contributed by atoms with van der Waals surface area (Å²) >= 11 is 0. The van der Waals surface area contributed by atoms with E-state index >= 15 is 0 Å². The summed E-state index contributed by atoms with van der Waals surface area (Å²) in [4.78, 5) is 11.2. The first-order chi connectivity index (χ1) is 6.72. The molecule has 0 spiro atoms. The SMILES string of the molecule is COC(=O)c1cc(N)c2cn[nH]c2c1. The highest BCUT2D eigenvalue weighted by atomic mass is 16.5. The van der Waals surface area contributed by atoms with E-state index < -0.39 is 5.97 Å². The summed E-state index contributed by atoms with van der Waals surface area (Å²) in [7, 11) is 1.33. The number of carbonyl (C=O) groups excluding carboxylic acids is 1. The number of aromatic amines is 1. The predicted octanol–water partition coefficient (Wildman–Crippen LogP) is 0.932. The zero-order valence-corrected chi connectivity index (χ0v) is 7.57. The molecule has 0 aliphatic heterocycles. The normalized spacial score (nSPS) is 10.4. The molecular formula is C9H9N3O2. The second-order valence-electron chi connectivity index (χ2n) is 2.89. The van der Waals surface area contributed by atoms with Crippen LogP contribution in [0, 0.1) is 0 Å². The lowest BCUT2D eigenvalue weighted by atomic mass is 10.1. The Morgan fingerprint density at radius 2 is 2.36 bits per heavy atom. The van der Waals surface area contributed by atoms with Crippen LogP contribution in [-0.2, 0) is 4.74 Å². The van der Waals surface area contributed by atoms with Crippen molar-refractivity contribution in [3.05, 3.63) is 23.9 Å². The smallest absolute Gasteiger partial charge is 0.337 e. The third kappa shape index (κ3) is 1.19. The molecule has 2 aromatic rings. The van der Waals surface area contributed by atoms with Crippen molar-refractivity contribution in [3.8, 4) is 0 Å². The van der Waals surface area contributed by atoms with Gasteiger partial charge >= 0.3 is 5.97 Å². The van der Waals surface area contributed by atoms with Crippen molar-refractivity contribution in [2.75, 3.05) is 12.8 Å². The topological polar surface area (TPSA) is 81.0 Å². The number of fused-ring (bicyclic) bond motifs is 1. The van der Waals surface area contributed by atoms with Gasteiger partial charge in [0, 0.05) is 11.1 Å². The molecule has 5 nitrogen and oxygen atoms in total. The van der Waals surface area contributed by atoms with Crippen LogP contribution < -0.4 is 5.73 Å². The van der Waals surface area contributed by atoms with Crippen LogP contribution in [0.25, 0.3) is 10.9 Å². The van der Waals surface area contributed by atoms with E-state index in [1.165, 1.54) is 7.11 Å². The van der Waals surface area contributed by atoms with E-state index in [2.05, 4.69) is 14.9 Å². The van der Waals surface area contributed by atoms with Crippen molar-refractivity contribution in [1.29, 1.82) is 0 Å². The van der Waals surface area contributed by atoms with Crippen molar-refractivity contribution in [2.24, 2.45) is 0 Å². The molecular weight excluding hydrogens is 182 g/mol. The van der Waals surface area contributed by atoms with E-state index in [9.17, 15) is 4.79 Å². The van der Waals surface area contributed by atoms with Gasteiger partial charge in [0.1, 0.15) is 0 Å². The highest BCUT2D eigenvalue weighted by Crippen LogP contribution is 2.21. The Morgan fingerprint density at radius 1 is 1.57 bits per heavy atom. The molecule has 0 aliphatic carbocycles. The van der Waals surface area contributed by atoms with Crippen LogP contribution in [0.15, 0.2) is 18.3 Å². The number of hydrogen-bond donors (Lipinski definition) is 2. The highest BCUT2D eigenvalue weighted by Gasteiger charge is 2.09. The van der Waals surface area contributed by atoms with E-state index in [-0.39, 0.29) is 0 Å². The van der Waals surface area contributed by atoms with Gasteiger partial charge in [-0.15, -0.1) is 0 Å². The second kappa shape index (κ2) is 3.02. The molecule has 5 heteroatoms. The Kier molecular flexibility index (Phi) is 1.85. The number of nitrogens with one attached hydrogen (secondary N) is 1. The van der Waals surface area contributed by atoms with Gasteiger partial charge in [-0.2, -0.15) is 5.10 Å². The molecule has 1 heterocycles. The summed E-state index contributed by atoms with van der Waals surface area (Å²) in [6.45, 7) is 0. The molecule has 3 N–H and O–H groups in total. The molecule has 14 heavy (non-hydrogen) atoms. The maximum absolute atomic E-state index is 11.2. The first-order valence-electron chi connectivity index (χ1n) is 4.03. The maximum atomic E-state index is 11.2. The van der Waals surface area contributed by atoms with Crippen molar-refractivity contribution in [2.45, 2.75) is 0 Å². The van der Waals surface area contributed by atoms with Gasteiger partial charge in [0.15, 0.2) is 0 Å². The van der Waals surface area contributed by atoms with Crippen LogP contribution in [0.2, 0.25) is 0 Å². The zero-order chi connectivity index (χ0) is 10.1. The number of H-pyrrole nitrogens is 1. The molecule has 0 bridgehead atoms. The summed E-state index contributed by atoms with van der Waals surface area (Å²) in [5.41, 5.74) is 7.38. The van der Waals surface area contributed by atoms with Crippen molar-refractivity contribution in [3.63, 3.8) is 0 Å². The first kappa shape index (κ1) is 8.55. The Bertz CT molecular complexity index is 490. The number of anilines is 1. The fourth-order valence-electron chi connectivity index (χ4n) is 1.31. The van der Waals surface area contributed by atoms with Gasteiger partial charge in [-0.25, -0.2) is 4.79 Å². The summed E-state index contributed by atoms with van der Waals surface area (Å²) in [6, 6.07) is 3.23. The van der Waals surface area contributed by atoms with E-state index in [1.54, 1.807) is 18.3 Å². The standard InChI is InChI=1S/C9H9N3O2/c1-14-9(13)5-2-7(10)6-4-11-12-8(6)3-5/h2-4H,10H2,1H3,(H,11,12). The van der Waals surface area contributed by atoms with Crippen LogP contribution in [0.3, 0.4) is 0 Å². The number of esters is 1. The molecule has 0 saturated carbocycles. The number of hydrogen-bond acceptors (Lipinski definition) is 4. The number of nitrogen functional groups attached to an aromatic ring is 1. The van der Waals surface area contributed by atoms with Crippen LogP contribution in [0.1, 0.15) is 10.4 Å². The largest absolute Gasteiger partial charge is 0.465 e. The number of benzene rings is 1. The Hall–Kier alpha value is -2.04. The van der Waals surface area contributed by atoms with Gasteiger partial charge in [0.2, 0.25) is 0 Å². The van der Waals surface area contributed by atoms with Gasteiger partial charge < -0.3 is 10.5 Å². The fraction of sp³-hybridized carbons (Fsp3) is 0.111. The van der Waals surface area contributed by atoms with Gasteiger partial charge in [0.25, 0.3) is 0 Å². The number of nitrogens with two attached hydrogens (primary N) is 1. The third-order valence-electron chi connectivity index (χ3n) is 2.01. The lowest BCUT2D eigenvalue weighted by Crippen LogP contribution is -2.02. The average molecular weight is 191 g/mol. The quantitative estimate of drug-likeness (QED) is 0.519. The Labute approximate surface area is 79.9 Å². The van der Waals surface area contributed by atoms with Gasteiger partial charge in [0.05, 0.1) is 24.4 Å². The molecule has 0 radical (unpaired) electrons. The number of rotatable bonds is 1. The molecule has 2 rings (SSSR count). The highest BCUT2D eigenvalue weighted by molar-refractivity contribution is 5.99. The Morgan fingerprint density at radius 3 is 3.07 bits per heavy atom. The number of carbonyl (C=O) groups is 1. The Balaban J connectivity index is 2.64. The van der Waals surface area contributed by atoms with Gasteiger partial charge in [-0.05, 0) is 12.1 Å². The van der Waals surface area contributed by atoms with E-state index in [0.717, 1.165) is 10.9 Å². The second-order valence-corrected chi connectivity index (χ2v) is 2.89. The number of ether oxygens (including phenoxy) is 1. The molecule has 0 saturated heterocycles. The monoisotopic (exact) mass is 191 g/mol. The van der Waals surface area contributed by atoms with E-state index in [4.69, 9.17) is 5.73 Å². The molecule has 0 amide bonds. The number of nitrogens with zero attached hydrogens (tertiary/aromatic N) is 1. The summed E-state index contributed by atoms with van der Waals surface area (Å²) < 4.78 is 4.59. The van der Waals surface area contributed by atoms with E-state index in [1.807, 2.05) is 0 Å². The zero-order valence-electron chi connectivity index (χ0n) is 7.57. The molecule has 72 valence electrons. The summed E-state index contributed by atoms with van der Waals surface area (Å²) in [5.74, 6) is -0.409. The third-order valence-corrected chi connectivity index (χ3v) is 2.01. The molecule has 1 aromatic heterocycles. The lowest BCUT2D eigenvalue weighted by Gasteiger charge is -2.01. The average Bonchev–Trinajstić information content (AvgIpc) is 2.64. The van der Waals surface area contributed by atoms with Crippen molar-refractivity contribution >= 4 is 22.6 Å². The molecule has 0 fully saturated rings. The molecule has 1 aromatic carbocycles. The van der Waals surface area contributed by atoms with Crippen LogP contribution in [-0.4, -0.2) is 23.3 Å². The summed E-state index contributed by atoms with van der Waals surface area (Å²) in [6.07, 6.45) is 1.62.